The van der Waals surface area contributed by atoms with Gasteiger partial charge in [0.25, 0.3) is 0 Å². The van der Waals surface area contributed by atoms with Crippen LogP contribution in [0.4, 0.5) is 10.5 Å². The summed E-state index contributed by atoms with van der Waals surface area (Å²) < 4.78 is 0. The van der Waals surface area contributed by atoms with Gasteiger partial charge in [0.15, 0.2) is 0 Å². The zero-order chi connectivity index (χ0) is 15.1. The van der Waals surface area contributed by atoms with E-state index in [0.717, 1.165) is 44.1 Å². The molecule has 0 bridgehead atoms. The predicted octanol–water partition coefficient (Wildman–Crippen LogP) is 2.41. The minimum atomic E-state index is -0.0493. The van der Waals surface area contributed by atoms with Gasteiger partial charge in [0.05, 0.1) is 11.6 Å². The lowest BCUT2D eigenvalue weighted by Crippen LogP contribution is -2.41. The molecule has 2 rings (SSSR count). The topological polar surface area (TPSA) is 68.2 Å². The number of hydrogen-bond acceptors (Lipinski definition) is 3. The van der Waals surface area contributed by atoms with Crippen molar-refractivity contribution >= 4 is 11.7 Å². The van der Waals surface area contributed by atoms with E-state index >= 15 is 0 Å². The van der Waals surface area contributed by atoms with Crippen molar-refractivity contribution in [1.82, 2.24) is 10.2 Å². The molecule has 2 N–H and O–H groups in total. The first-order valence-electron chi connectivity index (χ1n) is 7.43. The van der Waals surface area contributed by atoms with E-state index in [4.69, 9.17) is 5.26 Å². The van der Waals surface area contributed by atoms with Crippen molar-refractivity contribution in [1.29, 1.82) is 5.26 Å². The van der Waals surface area contributed by atoms with Crippen LogP contribution in [0.3, 0.4) is 0 Å². The molecular weight excluding hydrogens is 264 g/mol. The molecule has 1 aliphatic heterocycles. The second-order valence-electron chi connectivity index (χ2n) is 5.44. The molecule has 5 nitrogen and oxygen atoms in total. The fraction of sp³-hybridized carbons (Fsp3) is 0.500. The molecule has 0 unspecified atom stereocenters. The molecule has 0 radical (unpaired) electrons. The zero-order valence-electron chi connectivity index (χ0n) is 12.4. The largest absolute Gasteiger partial charge is 0.325 e. The summed E-state index contributed by atoms with van der Waals surface area (Å²) in [5.74, 6) is 0.719. The van der Waals surface area contributed by atoms with E-state index in [1.165, 1.54) is 6.42 Å². The van der Waals surface area contributed by atoms with E-state index < -0.39 is 0 Å². The number of amides is 2. The Morgan fingerprint density at radius 3 is 2.57 bits per heavy atom. The lowest BCUT2D eigenvalue weighted by molar-refractivity contribution is 0.180. The van der Waals surface area contributed by atoms with Gasteiger partial charge in [-0.2, -0.15) is 5.26 Å². The van der Waals surface area contributed by atoms with Gasteiger partial charge in [-0.05, 0) is 63.0 Å². The van der Waals surface area contributed by atoms with Gasteiger partial charge in [-0.1, -0.05) is 0 Å². The average Bonchev–Trinajstić information content (AvgIpc) is 2.54. The van der Waals surface area contributed by atoms with Gasteiger partial charge in [0, 0.05) is 18.8 Å². The average molecular weight is 286 g/mol. The molecule has 0 spiro atoms. The Hall–Kier alpha value is -2.06. The highest BCUT2D eigenvalue weighted by molar-refractivity contribution is 5.89. The van der Waals surface area contributed by atoms with Crippen LogP contribution in [0.1, 0.15) is 24.8 Å². The Balaban J connectivity index is 1.80. The standard InChI is InChI=1S/C16H22N4O/c1-18-9-6-13-7-10-20(11-8-13)16(21)19-15-4-2-14(12-17)3-5-15/h2-5,13,18H,6-11H2,1H3,(H,19,21). The molecule has 0 aliphatic carbocycles. The number of nitrogens with zero attached hydrogens (tertiary/aromatic N) is 2. The van der Waals surface area contributed by atoms with Crippen molar-refractivity contribution in [3.05, 3.63) is 29.8 Å². The second-order valence-corrected chi connectivity index (χ2v) is 5.44. The maximum atomic E-state index is 12.2. The summed E-state index contributed by atoms with van der Waals surface area (Å²) in [5, 5.41) is 14.8. The van der Waals surface area contributed by atoms with E-state index in [1.807, 2.05) is 11.9 Å². The van der Waals surface area contributed by atoms with Gasteiger partial charge >= 0.3 is 6.03 Å². The van der Waals surface area contributed by atoms with Crippen LogP contribution in [0.15, 0.2) is 24.3 Å². The number of hydrogen-bond donors (Lipinski definition) is 2. The molecule has 2 amide bonds. The Kier molecular flexibility index (Phi) is 5.59. The summed E-state index contributed by atoms with van der Waals surface area (Å²) in [5.41, 5.74) is 1.33. The summed E-state index contributed by atoms with van der Waals surface area (Å²) in [4.78, 5) is 14.0. The van der Waals surface area contributed by atoms with Crippen molar-refractivity contribution in [3.8, 4) is 6.07 Å². The minimum absolute atomic E-state index is 0.0493. The second kappa shape index (κ2) is 7.65. The van der Waals surface area contributed by atoms with Crippen molar-refractivity contribution in [2.45, 2.75) is 19.3 Å². The zero-order valence-corrected chi connectivity index (χ0v) is 12.4. The highest BCUT2D eigenvalue weighted by Gasteiger charge is 2.22. The molecular formula is C16H22N4O. The molecule has 1 aromatic rings. The van der Waals surface area contributed by atoms with Crippen molar-refractivity contribution in [3.63, 3.8) is 0 Å². The van der Waals surface area contributed by atoms with Crippen molar-refractivity contribution < 1.29 is 4.79 Å². The fourth-order valence-corrected chi connectivity index (χ4v) is 2.60. The summed E-state index contributed by atoms with van der Waals surface area (Å²) in [7, 11) is 1.97. The SMILES string of the molecule is CNCCC1CCN(C(=O)Nc2ccc(C#N)cc2)CC1. The third kappa shape index (κ3) is 4.47. The van der Waals surface area contributed by atoms with Crippen LogP contribution in [-0.4, -0.2) is 37.6 Å². The number of urea groups is 1. The number of piperidine rings is 1. The number of anilines is 1. The van der Waals surface area contributed by atoms with Crippen LogP contribution in [0.2, 0.25) is 0 Å². The lowest BCUT2D eigenvalue weighted by Gasteiger charge is -2.32. The van der Waals surface area contributed by atoms with Crippen LogP contribution in [0.25, 0.3) is 0 Å². The molecule has 1 saturated heterocycles. The van der Waals surface area contributed by atoms with Crippen molar-refractivity contribution in [2.75, 3.05) is 32.0 Å². The third-order valence-corrected chi connectivity index (χ3v) is 3.97. The maximum Gasteiger partial charge on any atom is 0.321 e. The summed E-state index contributed by atoms with van der Waals surface area (Å²) in [6, 6.07) is 8.95. The van der Waals surface area contributed by atoms with Gasteiger partial charge in [-0.15, -0.1) is 0 Å². The molecule has 21 heavy (non-hydrogen) atoms. The van der Waals surface area contributed by atoms with Crippen LogP contribution in [-0.2, 0) is 0 Å². The molecule has 0 saturated carbocycles. The Morgan fingerprint density at radius 1 is 1.33 bits per heavy atom. The fourth-order valence-electron chi connectivity index (χ4n) is 2.60. The molecule has 1 fully saturated rings. The first-order chi connectivity index (χ1) is 10.2. The van der Waals surface area contributed by atoms with Gasteiger partial charge in [-0.3, -0.25) is 0 Å². The van der Waals surface area contributed by atoms with E-state index in [9.17, 15) is 4.79 Å². The minimum Gasteiger partial charge on any atom is -0.325 e. The Labute approximate surface area is 125 Å². The number of nitriles is 1. The molecule has 0 atom stereocenters. The van der Waals surface area contributed by atoms with Gasteiger partial charge in [0.2, 0.25) is 0 Å². The van der Waals surface area contributed by atoms with Gasteiger partial charge in [-0.25, -0.2) is 4.79 Å². The third-order valence-electron chi connectivity index (χ3n) is 3.97. The van der Waals surface area contributed by atoms with Gasteiger partial charge in [0.1, 0.15) is 0 Å². The van der Waals surface area contributed by atoms with Crippen LogP contribution in [0, 0.1) is 17.2 Å². The monoisotopic (exact) mass is 286 g/mol. The highest BCUT2D eigenvalue weighted by Crippen LogP contribution is 2.20. The molecule has 1 aliphatic rings. The Morgan fingerprint density at radius 2 is 2.00 bits per heavy atom. The van der Waals surface area contributed by atoms with E-state index in [2.05, 4.69) is 16.7 Å². The predicted molar refractivity (Wildman–Crippen MR) is 83.0 cm³/mol. The number of carbonyl (C=O) groups is 1. The summed E-state index contributed by atoms with van der Waals surface area (Å²) in [6.45, 7) is 2.68. The van der Waals surface area contributed by atoms with E-state index in [0.29, 0.717) is 5.56 Å². The van der Waals surface area contributed by atoms with Crippen LogP contribution >= 0.6 is 0 Å². The van der Waals surface area contributed by atoms with E-state index in [-0.39, 0.29) is 6.03 Å². The van der Waals surface area contributed by atoms with Crippen LogP contribution < -0.4 is 10.6 Å². The lowest BCUT2D eigenvalue weighted by atomic mass is 9.94. The smallest absolute Gasteiger partial charge is 0.321 e. The summed E-state index contributed by atoms with van der Waals surface area (Å²) >= 11 is 0. The number of likely N-dealkylation sites (tertiary alicyclic amines) is 1. The quantitative estimate of drug-likeness (QED) is 0.893. The van der Waals surface area contributed by atoms with E-state index in [1.54, 1.807) is 24.3 Å². The number of nitrogens with one attached hydrogen (secondary N) is 2. The summed E-state index contributed by atoms with van der Waals surface area (Å²) in [6.07, 6.45) is 3.33. The number of rotatable bonds is 4. The van der Waals surface area contributed by atoms with Crippen molar-refractivity contribution in [2.24, 2.45) is 5.92 Å². The van der Waals surface area contributed by atoms with Gasteiger partial charge < -0.3 is 15.5 Å². The maximum absolute atomic E-state index is 12.2. The van der Waals surface area contributed by atoms with Crippen LogP contribution in [0.5, 0.6) is 0 Å². The highest BCUT2D eigenvalue weighted by atomic mass is 16.2. The Bertz CT molecular complexity index is 498. The number of carbonyl (C=O) groups excluding carboxylic acids is 1. The first kappa shape index (κ1) is 15.3. The molecule has 0 aromatic heterocycles. The normalized spacial score (nSPS) is 15.5. The molecule has 1 heterocycles. The molecule has 112 valence electrons. The molecule has 1 aromatic carbocycles. The first-order valence-corrected chi connectivity index (χ1v) is 7.43. The molecule has 5 heteroatoms. The number of benzene rings is 1.